The maximum absolute atomic E-state index is 11.9. The minimum Gasteiger partial charge on any atom is -0.354 e. The third-order valence-electron chi connectivity index (χ3n) is 6.23. The van der Waals surface area contributed by atoms with Crippen LogP contribution in [-0.4, -0.2) is 50.0 Å². The summed E-state index contributed by atoms with van der Waals surface area (Å²) in [6.07, 6.45) is 4.16. The summed E-state index contributed by atoms with van der Waals surface area (Å²) < 4.78 is 0. The van der Waals surface area contributed by atoms with Gasteiger partial charge >= 0.3 is 0 Å². The Labute approximate surface area is 208 Å². The van der Waals surface area contributed by atoms with E-state index < -0.39 is 0 Å². The van der Waals surface area contributed by atoms with Gasteiger partial charge in [-0.2, -0.15) is 0 Å². The largest absolute Gasteiger partial charge is 0.354 e. The fourth-order valence-electron chi connectivity index (χ4n) is 4.50. The standard InChI is InChI=1S/C25H33N5O.HI/c1-26-25(27-18-20-11-13-22(14-12-20)30-17-7-10-24(30)31)28-19-23(29-15-5-6-16-29)21-8-3-2-4-9-21;/h2-4,8-9,11-14,23H,5-7,10,15-19H2,1H3,(H2,26,27,28);1H. The van der Waals surface area contributed by atoms with Gasteiger partial charge in [-0.05, 0) is 55.6 Å². The van der Waals surface area contributed by atoms with Gasteiger partial charge < -0.3 is 15.5 Å². The van der Waals surface area contributed by atoms with Crippen molar-refractivity contribution in [3.8, 4) is 0 Å². The van der Waals surface area contributed by atoms with Crippen molar-refractivity contribution in [3.05, 3.63) is 65.7 Å². The SMILES string of the molecule is CN=C(NCc1ccc(N2CCCC2=O)cc1)NCC(c1ccccc1)N1CCCC1.I. The fourth-order valence-corrected chi connectivity index (χ4v) is 4.50. The predicted octanol–water partition coefficient (Wildman–Crippen LogP) is 3.93. The lowest BCUT2D eigenvalue weighted by molar-refractivity contribution is -0.117. The highest BCUT2D eigenvalue weighted by Gasteiger charge is 2.24. The molecule has 2 aromatic rings. The first-order chi connectivity index (χ1) is 15.2. The zero-order chi connectivity index (χ0) is 21.5. The lowest BCUT2D eigenvalue weighted by Crippen LogP contribution is -2.42. The number of guanidine groups is 1. The Bertz CT molecular complexity index is 881. The molecule has 7 heteroatoms. The molecular weight excluding hydrogens is 513 g/mol. The highest BCUT2D eigenvalue weighted by Crippen LogP contribution is 2.24. The molecule has 2 heterocycles. The molecule has 1 unspecified atom stereocenters. The van der Waals surface area contributed by atoms with Crippen molar-refractivity contribution < 1.29 is 4.79 Å². The molecule has 0 spiro atoms. The Morgan fingerprint density at radius 1 is 0.969 bits per heavy atom. The van der Waals surface area contributed by atoms with E-state index in [-0.39, 0.29) is 29.9 Å². The molecule has 0 saturated carbocycles. The molecule has 1 amide bonds. The van der Waals surface area contributed by atoms with Gasteiger partial charge in [0, 0.05) is 38.8 Å². The molecule has 1 atom stereocenters. The zero-order valence-corrected chi connectivity index (χ0v) is 21.1. The molecule has 0 aromatic heterocycles. The van der Waals surface area contributed by atoms with Crippen molar-refractivity contribution in [1.29, 1.82) is 0 Å². The smallest absolute Gasteiger partial charge is 0.227 e. The first kappa shape index (κ1) is 24.5. The van der Waals surface area contributed by atoms with Gasteiger partial charge in [0.25, 0.3) is 0 Å². The molecule has 0 bridgehead atoms. The Hall–Kier alpha value is -2.13. The molecule has 4 rings (SSSR count). The van der Waals surface area contributed by atoms with Crippen LogP contribution in [0.5, 0.6) is 0 Å². The molecule has 2 aliphatic heterocycles. The Balaban J connectivity index is 0.00000289. The summed E-state index contributed by atoms with van der Waals surface area (Å²) in [5, 5.41) is 6.94. The number of likely N-dealkylation sites (tertiary alicyclic amines) is 1. The third-order valence-corrected chi connectivity index (χ3v) is 6.23. The maximum atomic E-state index is 11.9. The van der Waals surface area contributed by atoms with E-state index in [1.165, 1.54) is 18.4 Å². The first-order valence-electron chi connectivity index (χ1n) is 11.4. The number of rotatable bonds is 7. The summed E-state index contributed by atoms with van der Waals surface area (Å²) in [6.45, 7) is 4.64. The van der Waals surface area contributed by atoms with Gasteiger partial charge in [-0.1, -0.05) is 42.5 Å². The molecule has 2 aromatic carbocycles. The van der Waals surface area contributed by atoms with Gasteiger partial charge in [0.2, 0.25) is 5.91 Å². The van der Waals surface area contributed by atoms with Crippen molar-refractivity contribution >= 4 is 41.5 Å². The number of hydrogen-bond acceptors (Lipinski definition) is 3. The summed E-state index contributed by atoms with van der Waals surface area (Å²) >= 11 is 0. The molecule has 2 aliphatic rings. The van der Waals surface area contributed by atoms with Crippen LogP contribution in [0.1, 0.15) is 42.9 Å². The number of carbonyl (C=O) groups is 1. The van der Waals surface area contributed by atoms with E-state index in [4.69, 9.17) is 0 Å². The number of halogens is 1. The first-order valence-corrected chi connectivity index (χ1v) is 11.4. The van der Waals surface area contributed by atoms with Gasteiger partial charge in [0.1, 0.15) is 0 Å². The topological polar surface area (TPSA) is 60.0 Å². The molecule has 172 valence electrons. The summed E-state index contributed by atoms with van der Waals surface area (Å²) in [4.78, 5) is 20.8. The average Bonchev–Trinajstić information content (AvgIpc) is 3.49. The number of amides is 1. The Morgan fingerprint density at radius 2 is 1.69 bits per heavy atom. The van der Waals surface area contributed by atoms with E-state index in [1.807, 2.05) is 24.1 Å². The quantitative estimate of drug-likeness (QED) is 0.314. The Morgan fingerprint density at radius 3 is 2.31 bits per heavy atom. The van der Waals surface area contributed by atoms with Crippen molar-refractivity contribution in [2.24, 2.45) is 4.99 Å². The average molecular weight is 547 g/mol. The lowest BCUT2D eigenvalue weighted by atomic mass is 10.1. The van der Waals surface area contributed by atoms with Crippen LogP contribution in [0.4, 0.5) is 5.69 Å². The van der Waals surface area contributed by atoms with Crippen molar-refractivity contribution in [3.63, 3.8) is 0 Å². The highest BCUT2D eigenvalue weighted by molar-refractivity contribution is 14.0. The van der Waals surface area contributed by atoms with Crippen LogP contribution < -0.4 is 15.5 Å². The normalized spacial score (nSPS) is 17.8. The molecular formula is C25H34IN5O. The van der Waals surface area contributed by atoms with Crippen LogP contribution in [0.3, 0.4) is 0 Å². The predicted molar refractivity (Wildman–Crippen MR) is 142 cm³/mol. The summed E-state index contributed by atoms with van der Waals surface area (Å²) in [5.41, 5.74) is 3.50. The minimum atomic E-state index is 0. The Kier molecular flexibility index (Phi) is 9.35. The molecule has 6 nitrogen and oxygen atoms in total. The van der Waals surface area contributed by atoms with Gasteiger partial charge in [-0.25, -0.2) is 0 Å². The summed E-state index contributed by atoms with van der Waals surface area (Å²) in [5.74, 6) is 1.03. The number of nitrogens with zero attached hydrogens (tertiary/aromatic N) is 3. The van der Waals surface area contributed by atoms with E-state index in [0.717, 1.165) is 49.8 Å². The molecule has 2 N–H and O–H groups in total. The van der Waals surface area contributed by atoms with Crippen LogP contribution in [0.2, 0.25) is 0 Å². The third kappa shape index (κ3) is 6.22. The monoisotopic (exact) mass is 547 g/mol. The van der Waals surface area contributed by atoms with Crippen LogP contribution in [0.15, 0.2) is 59.6 Å². The second kappa shape index (κ2) is 12.2. The molecule has 0 radical (unpaired) electrons. The summed E-state index contributed by atoms with van der Waals surface area (Å²) in [7, 11) is 1.81. The molecule has 32 heavy (non-hydrogen) atoms. The number of hydrogen-bond donors (Lipinski definition) is 2. The van der Waals surface area contributed by atoms with Crippen LogP contribution in [-0.2, 0) is 11.3 Å². The fraction of sp³-hybridized carbons (Fsp3) is 0.440. The van der Waals surface area contributed by atoms with Gasteiger partial charge in [0.05, 0.1) is 6.04 Å². The molecule has 2 saturated heterocycles. The van der Waals surface area contributed by atoms with Crippen molar-refractivity contribution in [2.75, 3.05) is 38.1 Å². The van der Waals surface area contributed by atoms with Gasteiger partial charge in [0.15, 0.2) is 5.96 Å². The number of nitrogens with one attached hydrogen (secondary N) is 2. The van der Waals surface area contributed by atoms with E-state index >= 15 is 0 Å². The number of carbonyl (C=O) groups excluding carboxylic acids is 1. The number of aliphatic imine (C=N–C) groups is 1. The van der Waals surface area contributed by atoms with Gasteiger partial charge in [-0.15, -0.1) is 24.0 Å². The number of benzene rings is 2. The molecule has 0 aliphatic carbocycles. The molecule has 2 fully saturated rings. The van der Waals surface area contributed by atoms with E-state index in [1.54, 1.807) is 0 Å². The maximum Gasteiger partial charge on any atom is 0.227 e. The van der Waals surface area contributed by atoms with Gasteiger partial charge in [-0.3, -0.25) is 14.7 Å². The summed E-state index contributed by atoms with van der Waals surface area (Å²) in [6, 6.07) is 19.3. The minimum absolute atomic E-state index is 0. The van der Waals surface area contributed by atoms with Crippen LogP contribution in [0, 0.1) is 0 Å². The van der Waals surface area contributed by atoms with Crippen LogP contribution in [0.25, 0.3) is 0 Å². The van der Waals surface area contributed by atoms with E-state index in [9.17, 15) is 4.79 Å². The van der Waals surface area contributed by atoms with Crippen molar-refractivity contribution in [2.45, 2.75) is 38.3 Å². The highest BCUT2D eigenvalue weighted by atomic mass is 127. The number of anilines is 1. The van der Waals surface area contributed by atoms with Crippen LogP contribution >= 0.6 is 24.0 Å². The van der Waals surface area contributed by atoms with Crippen molar-refractivity contribution in [1.82, 2.24) is 15.5 Å². The lowest BCUT2D eigenvalue weighted by Gasteiger charge is -2.29. The van der Waals surface area contributed by atoms with E-state index in [2.05, 4.69) is 63.0 Å². The second-order valence-electron chi connectivity index (χ2n) is 8.29. The zero-order valence-electron chi connectivity index (χ0n) is 18.8. The van der Waals surface area contributed by atoms with E-state index in [0.29, 0.717) is 19.0 Å². The second-order valence-corrected chi connectivity index (χ2v) is 8.29.